The van der Waals surface area contributed by atoms with Crippen molar-refractivity contribution < 1.29 is 32.8 Å². The highest BCUT2D eigenvalue weighted by atomic mass is 35.5. The van der Waals surface area contributed by atoms with E-state index in [-0.39, 0.29) is 12.4 Å². The van der Waals surface area contributed by atoms with Crippen molar-refractivity contribution in [1.82, 2.24) is 0 Å². The molecule has 1 aliphatic rings. The van der Waals surface area contributed by atoms with Gasteiger partial charge in [-0.3, -0.25) is 0 Å². The molecule has 0 heterocycles. The quantitative estimate of drug-likeness (QED) is 0.692. The van der Waals surface area contributed by atoms with Crippen LogP contribution in [0.2, 0.25) is 0 Å². The van der Waals surface area contributed by atoms with Gasteiger partial charge in [0.05, 0.1) is 0 Å². The summed E-state index contributed by atoms with van der Waals surface area (Å²) in [6, 6.07) is 20.1. The number of carboxylic acids is 1. The monoisotopic (exact) mass is 369 g/mol. The number of fused-ring (bicyclic) bond motifs is 2. The standard InChI is InChI=1S/C21H19NO3.ClH/c22-21(20(23)24)10-9-16-12-19(8-6-17(16)13-21)25-18-7-5-14-3-1-2-4-15(14)11-18;/h1-8,11-12H,9-10,13,22H2,(H,23,24);1H. The Balaban J connectivity index is 0.00000196. The molecule has 1 aliphatic carbocycles. The van der Waals surface area contributed by atoms with Gasteiger partial charge in [0.15, 0.2) is 5.54 Å². The SMILES string of the molecule is [Cl-].[NH3+]C1(C(=O)O)CCc2cc(Oc3ccc4ccccc4c3)ccc2C1. The highest BCUT2D eigenvalue weighted by molar-refractivity contribution is 5.83. The van der Waals surface area contributed by atoms with Crippen LogP contribution >= 0.6 is 0 Å². The van der Waals surface area contributed by atoms with E-state index in [0.717, 1.165) is 28.0 Å². The van der Waals surface area contributed by atoms with Crippen LogP contribution in [0.1, 0.15) is 17.5 Å². The van der Waals surface area contributed by atoms with E-state index in [1.165, 1.54) is 5.39 Å². The molecule has 0 bridgehead atoms. The average molecular weight is 370 g/mol. The van der Waals surface area contributed by atoms with Crippen LogP contribution in [0, 0.1) is 0 Å². The molecule has 0 amide bonds. The summed E-state index contributed by atoms with van der Waals surface area (Å²) < 4.78 is 6.02. The Bertz CT molecular complexity index is 972. The largest absolute Gasteiger partial charge is 1.00 e. The molecular weight excluding hydrogens is 350 g/mol. The molecule has 0 spiro atoms. The van der Waals surface area contributed by atoms with Crippen molar-refractivity contribution in [2.75, 3.05) is 0 Å². The van der Waals surface area contributed by atoms with Gasteiger partial charge in [0.1, 0.15) is 11.5 Å². The summed E-state index contributed by atoms with van der Waals surface area (Å²) in [5.41, 5.74) is 5.21. The number of hydrogen-bond acceptors (Lipinski definition) is 2. The normalized spacial score (nSPS) is 18.7. The van der Waals surface area contributed by atoms with E-state index in [9.17, 15) is 9.90 Å². The van der Waals surface area contributed by atoms with Gasteiger partial charge in [-0.2, -0.15) is 0 Å². The van der Waals surface area contributed by atoms with Crippen molar-refractivity contribution in [3.05, 3.63) is 71.8 Å². The maximum atomic E-state index is 11.4. The van der Waals surface area contributed by atoms with E-state index in [1.54, 1.807) is 0 Å². The molecule has 0 saturated carbocycles. The summed E-state index contributed by atoms with van der Waals surface area (Å²) in [7, 11) is 0. The molecule has 3 aromatic carbocycles. The number of hydrogen-bond donors (Lipinski definition) is 2. The lowest BCUT2D eigenvalue weighted by molar-refractivity contribution is -0.464. The second-order valence-corrected chi connectivity index (χ2v) is 6.80. The zero-order valence-corrected chi connectivity index (χ0v) is 15.0. The van der Waals surface area contributed by atoms with Gasteiger partial charge in [0, 0.05) is 12.8 Å². The summed E-state index contributed by atoms with van der Waals surface area (Å²) >= 11 is 0. The Hall–Kier alpha value is -2.56. The maximum Gasteiger partial charge on any atom is 0.365 e. The van der Waals surface area contributed by atoms with Crippen LogP contribution in [-0.2, 0) is 17.6 Å². The number of carbonyl (C=O) groups is 1. The molecule has 0 saturated heterocycles. The molecule has 5 heteroatoms. The summed E-state index contributed by atoms with van der Waals surface area (Å²) in [4.78, 5) is 11.4. The first-order chi connectivity index (χ1) is 12.0. The first kappa shape index (κ1) is 18.2. The van der Waals surface area contributed by atoms with Crippen molar-refractivity contribution in [3.8, 4) is 11.5 Å². The van der Waals surface area contributed by atoms with E-state index in [0.29, 0.717) is 19.3 Å². The van der Waals surface area contributed by atoms with Crippen LogP contribution in [0.3, 0.4) is 0 Å². The van der Waals surface area contributed by atoms with Crippen LogP contribution in [-0.4, -0.2) is 16.6 Å². The Kier molecular flexibility index (Phi) is 4.90. The predicted molar refractivity (Wildman–Crippen MR) is 95.7 cm³/mol. The number of halogens is 1. The fourth-order valence-corrected chi connectivity index (χ4v) is 3.45. The zero-order valence-electron chi connectivity index (χ0n) is 14.2. The van der Waals surface area contributed by atoms with Crippen molar-refractivity contribution in [2.24, 2.45) is 0 Å². The number of ether oxygens (including phenoxy) is 1. The van der Waals surface area contributed by atoms with Crippen molar-refractivity contribution in [3.63, 3.8) is 0 Å². The van der Waals surface area contributed by atoms with E-state index in [1.807, 2.05) is 48.5 Å². The van der Waals surface area contributed by atoms with E-state index < -0.39 is 11.5 Å². The van der Waals surface area contributed by atoms with Gasteiger partial charge in [-0.05, 0) is 52.6 Å². The second-order valence-electron chi connectivity index (χ2n) is 6.80. The lowest BCUT2D eigenvalue weighted by atomic mass is 9.78. The van der Waals surface area contributed by atoms with E-state index >= 15 is 0 Å². The van der Waals surface area contributed by atoms with Gasteiger partial charge in [0.2, 0.25) is 0 Å². The molecule has 1 unspecified atom stereocenters. The zero-order chi connectivity index (χ0) is 17.4. The second kappa shape index (κ2) is 6.98. The fraction of sp³-hybridized carbons (Fsp3) is 0.190. The Morgan fingerprint density at radius 3 is 2.42 bits per heavy atom. The molecule has 4 N–H and O–H groups in total. The Morgan fingerprint density at radius 2 is 1.65 bits per heavy atom. The molecule has 1 atom stereocenters. The molecule has 3 aromatic rings. The minimum absolute atomic E-state index is 0. The highest BCUT2D eigenvalue weighted by Crippen LogP contribution is 2.32. The van der Waals surface area contributed by atoms with Gasteiger partial charge < -0.3 is 28.0 Å². The summed E-state index contributed by atoms with van der Waals surface area (Å²) in [6.45, 7) is 0. The summed E-state index contributed by atoms with van der Waals surface area (Å²) in [5.74, 6) is 0.752. The Morgan fingerprint density at radius 1 is 0.962 bits per heavy atom. The number of quaternary nitrogens is 1. The minimum Gasteiger partial charge on any atom is -1.00 e. The predicted octanol–water partition coefficient (Wildman–Crippen LogP) is 0.190. The van der Waals surface area contributed by atoms with Gasteiger partial charge in [-0.1, -0.05) is 36.4 Å². The Labute approximate surface area is 158 Å². The minimum atomic E-state index is -0.909. The number of carboxylic acid groups (broad SMARTS) is 1. The van der Waals surface area contributed by atoms with Crippen molar-refractivity contribution in [2.45, 2.75) is 24.8 Å². The fourth-order valence-electron chi connectivity index (χ4n) is 3.45. The van der Waals surface area contributed by atoms with Crippen molar-refractivity contribution in [1.29, 1.82) is 0 Å². The van der Waals surface area contributed by atoms with Gasteiger partial charge in [-0.25, -0.2) is 4.79 Å². The van der Waals surface area contributed by atoms with E-state index in [2.05, 4.69) is 17.9 Å². The molecule has 0 fully saturated rings. The van der Waals surface area contributed by atoms with Gasteiger partial charge in [0.25, 0.3) is 0 Å². The summed E-state index contributed by atoms with van der Waals surface area (Å²) in [6.07, 6.45) is 1.72. The first-order valence-corrected chi connectivity index (χ1v) is 8.41. The summed E-state index contributed by atoms with van der Waals surface area (Å²) in [5, 5.41) is 11.7. The van der Waals surface area contributed by atoms with Crippen LogP contribution in [0.25, 0.3) is 10.8 Å². The lowest BCUT2D eigenvalue weighted by Crippen LogP contribution is -3.00. The third kappa shape index (κ3) is 3.39. The molecule has 134 valence electrons. The molecule has 4 rings (SSSR count). The average Bonchev–Trinajstić information content (AvgIpc) is 2.62. The molecule has 0 aromatic heterocycles. The van der Waals surface area contributed by atoms with Crippen molar-refractivity contribution >= 4 is 16.7 Å². The van der Waals surface area contributed by atoms with Crippen LogP contribution in [0.4, 0.5) is 0 Å². The number of benzene rings is 3. The third-order valence-corrected chi connectivity index (χ3v) is 4.99. The van der Waals surface area contributed by atoms with Gasteiger partial charge in [-0.15, -0.1) is 0 Å². The smallest absolute Gasteiger partial charge is 0.365 e. The molecule has 26 heavy (non-hydrogen) atoms. The lowest BCUT2D eigenvalue weighted by Gasteiger charge is -2.27. The molecule has 0 radical (unpaired) electrons. The topological polar surface area (TPSA) is 74.2 Å². The first-order valence-electron chi connectivity index (χ1n) is 8.41. The van der Waals surface area contributed by atoms with Crippen LogP contribution in [0.5, 0.6) is 11.5 Å². The third-order valence-electron chi connectivity index (χ3n) is 4.99. The molecule has 0 aliphatic heterocycles. The maximum absolute atomic E-state index is 11.4. The van der Waals surface area contributed by atoms with Crippen LogP contribution in [0.15, 0.2) is 60.7 Å². The number of aryl methyl sites for hydroxylation is 1. The van der Waals surface area contributed by atoms with E-state index in [4.69, 9.17) is 4.74 Å². The van der Waals surface area contributed by atoms with Crippen LogP contribution < -0.4 is 22.9 Å². The number of aliphatic carboxylic acids is 1. The van der Waals surface area contributed by atoms with Gasteiger partial charge >= 0.3 is 5.97 Å². The molecule has 4 nitrogen and oxygen atoms in total. The number of rotatable bonds is 3. The highest BCUT2D eigenvalue weighted by Gasteiger charge is 2.41. The molecular formula is C21H20ClNO3.